The molecular weight excluding hydrogens is 959 g/mol. The topological polar surface area (TPSA) is 142 Å². The van der Waals surface area contributed by atoms with Gasteiger partial charge in [-0.3, -0.25) is 18.2 Å². The van der Waals surface area contributed by atoms with Crippen LogP contribution in [-0.4, -0.2) is 33.5 Å². The maximum absolute atomic E-state index is 17.2. The minimum Gasteiger partial charge on any atom is -0.497 e. The zero-order valence-electron chi connectivity index (χ0n) is 31.8. The second-order valence-corrected chi connectivity index (χ2v) is 26.5. The Morgan fingerprint density at radius 2 is 0.917 bits per heavy atom. The van der Waals surface area contributed by atoms with Gasteiger partial charge in [0.2, 0.25) is 4.90 Å². The number of benzene rings is 6. The number of ether oxygens (including phenoxy) is 1. The highest BCUT2D eigenvalue weighted by atomic mass is 127. The molecule has 0 amide bonds. The molecule has 2 saturated heterocycles. The van der Waals surface area contributed by atoms with E-state index in [0.717, 1.165) is 11.1 Å². The van der Waals surface area contributed by atoms with Gasteiger partial charge in [-0.15, -0.1) is 0 Å². The monoisotopic (exact) mass is 994 g/mol. The molecule has 2 fully saturated rings. The van der Waals surface area contributed by atoms with Crippen LogP contribution in [0.15, 0.2) is 146 Å². The molecule has 306 valence electrons. The number of para-hydroxylation sites is 2. The second-order valence-electron chi connectivity index (χ2n) is 14.8. The minimum atomic E-state index is -4.56. The van der Waals surface area contributed by atoms with Crippen LogP contribution < -0.4 is 28.9 Å². The van der Waals surface area contributed by atoms with Crippen LogP contribution in [0.5, 0.6) is 23.0 Å². The van der Waals surface area contributed by atoms with Crippen LogP contribution in [0.4, 0.5) is 0 Å². The molecule has 4 aliphatic rings. The van der Waals surface area contributed by atoms with Gasteiger partial charge in [-0.05, 0) is 70.8 Å². The molecule has 17 heteroatoms. The second kappa shape index (κ2) is 14.8. The first-order valence-electron chi connectivity index (χ1n) is 18.8. The van der Waals surface area contributed by atoms with Crippen LogP contribution in [0.3, 0.4) is 0 Å². The number of methoxy groups -OCH3 is 1. The van der Waals surface area contributed by atoms with E-state index >= 15 is 9.13 Å². The summed E-state index contributed by atoms with van der Waals surface area (Å²) < 4.78 is 108. The highest BCUT2D eigenvalue weighted by Crippen LogP contribution is 2.84. The lowest BCUT2D eigenvalue weighted by molar-refractivity contribution is -0.0736. The van der Waals surface area contributed by atoms with Gasteiger partial charge in [-0.25, -0.2) is 9.13 Å². The molecule has 6 aromatic rings. The molecule has 60 heavy (non-hydrogen) atoms. The first-order valence-corrected chi connectivity index (χ1v) is 27.9. The van der Waals surface area contributed by atoms with Gasteiger partial charge in [0.1, 0.15) is 23.0 Å². The van der Waals surface area contributed by atoms with E-state index in [2.05, 4.69) is 0 Å². The van der Waals surface area contributed by atoms with Crippen LogP contribution in [0, 0.1) is 5.41 Å². The van der Waals surface area contributed by atoms with E-state index in [9.17, 15) is 9.13 Å². The van der Waals surface area contributed by atoms with Crippen LogP contribution >= 0.6 is 49.8 Å². The molecule has 6 aromatic carbocycles. The number of rotatable bonds is 7. The van der Waals surface area contributed by atoms with E-state index in [-0.39, 0.29) is 32.2 Å². The van der Waals surface area contributed by atoms with E-state index in [1.807, 2.05) is 48.5 Å². The quantitative estimate of drug-likeness (QED) is 0.111. The van der Waals surface area contributed by atoms with Crippen molar-refractivity contribution in [3.8, 4) is 45.3 Å². The van der Waals surface area contributed by atoms with Crippen LogP contribution in [0.2, 0.25) is 0 Å². The summed E-state index contributed by atoms with van der Waals surface area (Å²) in [6.07, 6.45) is 0. The largest absolute Gasteiger partial charge is 0.530 e. The van der Waals surface area contributed by atoms with Crippen molar-refractivity contribution in [2.24, 2.45) is 5.41 Å². The Hall–Kier alpha value is -3.99. The summed E-state index contributed by atoms with van der Waals surface area (Å²) in [5, 5.41) is -2.51. The van der Waals surface area contributed by atoms with Gasteiger partial charge in [-0.2, -0.15) is 0 Å². The fourth-order valence-electron chi connectivity index (χ4n) is 8.27. The number of halogens is 1. The van der Waals surface area contributed by atoms with Crippen LogP contribution in [-0.2, 0) is 41.3 Å². The summed E-state index contributed by atoms with van der Waals surface area (Å²) in [7, 11) is -11.7. The van der Waals surface area contributed by atoms with Crippen molar-refractivity contribution in [1.29, 1.82) is 0 Å². The van der Waals surface area contributed by atoms with Crippen molar-refractivity contribution in [2.75, 3.05) is 33.5 Å². The molecule has 0 aliphatic carbocycles. The van der Waals surface area contributed by atoms with Gasteiger partial charge in [0, 0.05) is 11.1 Å². The minimum absolute atomic E-state index is 0.0286. The lowest BCUT2D eigenvalue weighted by atomic mass is 9.93. The Bertz CT molecular complexity index is 2730. The molecule has 4 heterocycles. The molecule has 4 aliphatic heterocycles. The summed E-state index contributed by atoms with van der Waals surface area (Å²) in [6, 6.07) is 42.6. The number of hydrogen-bond acceptors (Lipinski definition) is 12. The molecule has 0 bridgehead atoms. The third kappa shape index (κ3) is 6.32. The first kappa shape index (κ1) is 40.1. The fraction of sp³-hybridized carbons (Fsp3) is 0.163. The molecular formula is C43H35IO12P4. The molecule has 12 nitrogen and oxygen atoms in total. The van der Waals surface area contributed by atoms with Crippen molar-refractivity contribution in [3.63, 3.8) is 0 Å². The summed E-state index contributed by atoms with van der Waals surface area (Å²) in [5.74, 6) is 1.32. The summed E-state index contributed by atoms with van der Waals surface area (Å²) in [6.45, 7) is -0.133. The Morgan fingerprint density at radius 3 is 1.38 bits per heavy atom. The average Bonchev–Trinajstić information content (AvgIpc) is 3.27. The van der Waals surface area contributed by atoms with Crippen LogP contribution in [0.1, 0.15) is 11.1 Å². The molecule has 0 radical (unpaired) electrons. The number of fused-ring (bicyclic) bond motifs is 6. The SMILES string of the molecule is COc1ccc(C(c2ccc(OP3(=O)OCC4(COP(=O)(I)OC4)CO3)cc2)(P2(=O)Oc3ccccc3-c3ccccc32)P2(=O)Oc3ccccc3-c3ccccc32)cc1. The summed E-state index contributed by atoms with van der Waals surface area (Å²) in [5.41, 5.74) is 2.64. The van der Waals surface area contributed by atoms with Gasteiger partial charge in [0.05, 0.1) is 71.6 Å². The lowest BCUT2D eigenvalue weighted by Gasteiger charge is -2.48. The lowest BCUT2D eigenvalue weighted by Crippen LogP contribution is -2.45. The normalized spacial score (nSPS) is 28.6. The Balaban J connectivity index is 1.18. The zero-order chi connectivity index (χ0) is 41.4. The van der Waals surface area contributed by atoms with Crippen molar-refractivity contribution in [2.45, 2.75) is 4.90 Å². The van der Waals surface area contributed by atoms with Gasteiger partial charge in [0.15, 0.2) is 0 Å². The van der Waals surface area contributed by atoms with Crippen molar-refractivity contribution < 1.29 is 54.7 Å². The van der Waals surface area contributed by atoms with E-state index in [4.69, 9.17) is 36.4 Å². The first-order chi connectivity index (χ1) is 28.9. The Labute approximate surface area is 359 Å². The molecule has 2 unspecified atom stereocenters. The van der Waals surface area contributed by atoms with E-state index < -0.39 is 38.1 Å². The van der Waals surface area contributed by atoms with Crippen molar-refractivity contribution in [3.05, 3.63) is 157 Å². The van der Waals surface area contributed by atoms with Gasteiger partial charge < -0.3 is 27.4 Å². The third-order valence-electron chi connectivity index (χ3n) is 11.2. The summed E-state index contributed by atoms with van der Waals surface area (Å²) in [4.78, 5) is -2.09. The van der Waals surface area contributed by atoms with Gasteiger partial charge >= 0.3 is 27.8 Å². The smallest absolute Gasteiger partial charge is 0.497 e. The molecule has 0 saturated carbocycles. The van der Waals surface area contributed by atoms with E-state index in [0.29, 0.717) is 50.1 Å². The predicted molar refractivity (Wildman–Crippen MR) is 236 cm³/mol. The van der Waals surface area contributed by atoms with Crippen molar-refractivity contribution >= 4 is 60.4 Å². The molecule has 2 atom stereocenters. The third-order valence-corrected chi connectivity index (χ3v) is 22.3. The average molecular weight is 995 g/mol. The van der Waals surface area contributed by atoms with E-state index in [1.165, 1.54) is 12.1 Å². The number of hydrogen-bond donors (Lipinski definition) is 0. The number of phosphoric acid groups is 1. The Morgan fingerprint density at radius 1 is 0.517 bits per heavy atom. The molecule has 0 N–H and O–H groups in total. The van der Waals surface area contributed by atoms with Gasteiger partial charge in [-0.1, -0.05) is 97.1 Å². The molecule has 0 aromatic heterocycles. The predicted octanol–water partition coefficient (Wildman–Crippen LogP) is 11.3. The standard InChI is InChI=1S/C43H35IO12P4/c1-49-32-22-18-30(19-23-32)43(57(45)40-16-8-4-12-36(40)34-10-2-6-14-38(34)55-57,58(46)41-17-9-5-13-37(41)35-11-3-7-15-39(35)56-58)31-20-24-33(25-21-31)54-60(48)52-28-42(29-53-60)26-50-59(44,47)51-27-42/h2-25H,26-29H2,1H3. The highest BCUT2D eigenvalue weighted by molar-refractivity contribution is 14.2. The Kier molecular flexibility index (Phi) is 9.91. The van der Waals surface area contributed by atoms with Crippen LogP contribution in [0.25, 0.3) is 22.3 Å². The molecule has 1 spiro atoms. The van der Waals surface area contributed by atoms with Crippen molar-refractivity contribution in [1.82, 2.24) is 0 Å². The fourth-order valence-corrected chi connectivity index (χ4v) is 19.3. The zero-order valence-corrected chi connectivity index (χ0v) is 37.5. The maximum atomic E-state index is 17.2. The van der Waals surface area contributed by atoms with Gasteiger partial charge in [0.25, 0.3) is 0 Å². The maximum Gasteiger partial charge on any atom is 0.530 e. The molecule has 10 rings (SSSR count). The highest BCUT2D eigenvalue weighted by Gasteiger charge is 2.70. The van der Waals surface area contributed by atoms with E-state index in [1.54, 1.807) is 114 Å². The summed E-state index contributed by atoms with van der Waals surface area (Å²) >= 11 is 1.63. The number of phosphoric ester groups is 1.